The summed E-state index contributed by atoms with van der Waals surface area (Å²) in [4.78, 5) is 19.5. The quantitative estimate of drug-likeness (QED) is 0.234. The van der Waals surface area contributed by atoms with Crippen LogP contribution in [0.2, 0.25) is 0 Å². The van der Waals surface area contributed by atoms with Crippen molar-refractivity contribution in [1.82, 2.24) is 20.9 Å². The van der Waals surface area contributed by atoms with Crippen LogP contribution in [-0.2, 0) is 12.7 Å². The smallest absolute Gasteiger partial charge is 0.355 e. The van der Waals surface area contributed by atoms with Gasteiger partial charge >= 0.3 is 6.18 Å². The highest BCUT2D eigenvalue weighted by atomic mass is 127. The normalized spacial score (nSPS) is 11.5. The average molecular weight is 527 g/mol. The highest BCUT2D eigenvalue weighted by molar-refractivity contribution is 14.0. The molecule has 0 atom stereocenters. The molecule has 6 nitrogen and oxygen atoms in total. The number of aromatic nitrogens is 1. The number of carbonyl (C=O) groups is 1. The Kier molecular flexibility index (Phi) is 9.65. The van der Waals surface area contributed by atoms with Gasteiger partial charge in [-0.05, 0) is 19.1 Å². The maximum absolute atomic E-state index is 12.5. The SMILES string of the molecule is CN=C(NCCNC(=O)c1cccc(C)c1)NCc1nc(C(F)(F)F)cs1.I. The van der Waals surface area contributed by atoms with Crippen molar-refractivity contribution in [3.63, 3.8) is 0 Å². The summed E-state index contributed by atoms with van der Waals surface area (Å²) in [6.07, 6.45) is -4.44. The second kappa shape index (κ2) is 11.2. The first kappa shape index (κ1) is 24.1. The Balaban J connectivity index is 0.00000392. The van der Waals surface area contributed by atoms with E-state index in [-0.39, 0.29) is 36.4 Å². The molecule has 11 heteroatoms. The standard InChI is InChI=1S/C17H20F3N5OS.HI/c1-11-4-3-5-12(8-11)15(26)22-6-7-23-16(21-2)24-9-14-25-13(10-27-14)17(18,19)20;/h3-5,8,10H,6-7,9H2,1-2H3,(H,22,26)(H2,21,23,24);1H. The molecule has 0 saturated heterocycles. The van der Waals surface area contributed by atoms with Crippen LogP contribution in [0.25, 0.3) is 0 Å². The summed E-state index contributed by atoms with van der Waals surface area (Å²) in [5.74, 6) is 0.231. The number of halogens is 4. The van der Waals surface area contributed by atoms with Crippen LogP contribution < -0.4 is 16.0 Å². The second-order valence-electron chi connectivity index (χ2n) is 5.60. The Morgan fingerprint density at radius 2 is 1.93 bits per heavy atom. The molecule has 0 spiro atoms. The molecule has 0 unspecified atom stereocenters. The maximum Gasteiger partial charge on any atom is 0.434 e. The van der Waals surface area contributed by atoms with E-state index >= 15 is 0 Å². The number of hydrogen-bond donors (Lipinski definition) is 3. The lowest BCUT2D eigenvalue weighted by atomic mass is 10.1. The molecule has 2 rings (SSSR count). The van der Waals surface area contributed by atoms with Gasteiger partial charge in [-0.25, -0.2) is 4.98 Å². The molecule has 3 N–H and O–H groups in total. The van der Waals surface area contributed by atoms with Crippen molar-refractivity contribution < 1.29 is 18.0 Å². The summed E-state index contributed by atoms with van der Waals surface area (Å²) in [6.45, 7) is 2.80. The summed E-state index contributed by atoms with van der Waals surface area (Å²) in [7, 11) is 1.55. The van der Waals surface area contributed by atoms with Gasteiger partial charge in [0.05, 0.1) is 6.54 Å². The van der Waals surface area contributed by atoms with Crippen molar-refractivity contribution >= 4 is 47.2 Å². The Morgan fingerprint density at radius 1 is 1.21 bits per heavy atom. The molecule has 0 bridgehead atoms. The Morgan fingerprint density at radius 3 is 2.54 bits per heavy atom. The van der Waals surface area contributed by atoms with E-state index in [1.807, 2.05) is 19.1 Å². The fourth-order valence-electron chi connectivity index (χ4n) is 2.15. The molecule has 0 aliphatic heterocycles. The summed E-state index contributed by atoms with van der Waals surface area (Å²) in [6, 6.07) is 7.26. The third kappa shape index (κ3) is 7.62. The van der Waals surface area contributed by atoms with Gasteiger partial charge < -0.3 is 16.0 Å². The molecule has 2 aromatic rings. The first-order valence-corrected chi connectivity index (χ1v) is 8.98. The molecular weight excluding hydrogens is 506 g/mol. The number of alkyl halides is 3. The predicted octanol–water partition coefficient (Wildman–Crippen LogP) is 3.18. The fourth-order valence-corrected chi connectivity index (χ4v) is 2.89. The van der Waals surface area contributed by atoms with Crippen LogP contribution in [0.1, 0.15) is 26.6 Å². The van der Waals surface area contributed by atoms with Gasteiger partial charge in [-0.1, -0.05) is 17.7 Å². The number of aryl methyl sites for hydroxylation is 1. The predicted molar refractivity (Wildman–Crippen MR) is 114 cm³/mol. The van der Waals surface area contributed by atoms with Crippen molar-refractivity contribution in [2.24, 2.45) is 4.99 Å². The molecule has 0 saturated carbocycles. The number of amides is 1. The minimum atomic E-state index is -4.44. The monoisotopic (exact) mass is 527 g/mol. The molecule has 0 fully saturated rings. The number of thiazole rings is 1. The van der Waals surface area contributed by atoms with Crippen molar-refractivity contribution in [3.8, 4) is 0 Å². The zero-order valence-electron chi connectivity index (χ0n) is 15.3. The highest BCUT2D eigenvalue weighted by Crippen LogP contribution is 2.29. The second-order valence-corrected chi connectivity index (χ2v) is 6.54. The van der Waals surface area contributed by atoms with Gasteiger partial charge in [-0.15, -0.1) is 35.3 Å². The summed E-state index contributed by atoms with van der Waals surface area (Å²) < 4.78 is 37.6. The number of nitrogens with zero attached hydrogens (tertiary/aromatic N) is 2. The van der Waals surface area contributed by atoms with Crippen LogP contribution in [0.3, 0.4) is 0 Å². The van der Waals surface area contributed by atoms with E-state index in [1.54, 1.807) is 19.2 Å². The van der Waals surface area contributed by atoms with Crippen LogP contribution in [0.4, 0.5) is 13.2 Å². The van der Waals surface area contributed by atoms with Gasteiger partial charge in [0.25, 0.3) is 5.91 Å². The summed E-state index contributed by atoms with van der Waals surface area (Å²) >= 11 is 0.926. The average Bonchev–Trinajstić information content (AvgIpc) is 3.10. The lowest BCUT2D eigenvalue weighted by Crippen LogP contribution is -2.41. The van der Waals surface area contributed by atoms with Gasteiger partial charge in [0.15, 0.2) is 11.7 Å². The molecule has 28 heavy (non-hydrogen) atoms. The lowest BCUT2D eigenvalue weighted by Gasteiger charge is -2.11. The van der Waals surface area contributed by atoms with Gasteiger partial charge in [-0.2, -0.15) is 13.2 Å². The summed E-state index contributed by atoms with van der Waals surface area (Å²) in [5, 5.41) is 9.92. The third-order valence-corrected chi connectivity index (χ3v) is 4.30. The van der Waals surface area contributed by atoms with E-state index in [9.17, 15) is 18.0 Å². The topological polar surface area (TPSA) is 78.4 Å². The lowest BCUT2D eigenvalue weighted by molar-refractivity contribution is -0.140. The van der Waals surface area contributed by atoms with Gasteiger partial charge in [0.1, 0.15) is 5.01 Å². The molecule has 154 valence electrons. The number of rotatable bonds is 6. The van der Waals surface area contributed by atoms with Crippen LogP contribution in [0.5, 0.6) is 0 Å². The number of nitrogens with one attached hydrogen (secondary N) is 3. The first-order valence-electron chi connectivity index (χ1n) is 8.10. The van der Waals surface area contributed by atoms with E-state index in [1.165, 1.54) is 0 Å². The number of carbonyl (C=O) groups excluding carboxylic acids is 1. The Labute approximate surface area is 182 Å². The Bertz CT molecular complexity index is 810. The van der Waals surface area contributed by atoms with E-state index in [4.69, 9.17) is 0 Å². The molecular formula is C17H21F3IN5OS. The maximum atomic E-state index is 12.5. The van der Waals surface area contributed by atoms with E-state index in [0.29, 0.717) is 29.6 Å². The van der Waals surface area contributed by atoms with E-state index in [0.717, 1.165) is 22.3 Å². The van der Waals surface area contributed by atoms with Crippen molar-refractivity contribution in [2.45, 2.75) is 19.6 Å². The summed E-state index contributed by atoms with van der Waals surface area (Å²) in [5.41, 5.74) is 0.689. The van der Waals surface area contributed by atoms with Crippen LogP contribution in [0.15, 0.2) is 34.6 Å². The molecule has 1 aromatic heterocycles. The third-order valence-electron chi connectivity index (χ3n) is 3.46. The number of guanidine groups is 1. The van der Waals surface area contributed by atoms with Gasteiger partial charge in [0.2, 0.25) is 0 Å². The van der Waals surface area contributed by atoms with Gasteiger partial charge in [0, 0.05) is 31.1 Å². The molecule has 0 aliphatic rings. The minimum Gasteiger partial charge on any atom is -0.355 e. The fraction of sp³-hybridized carbons (Fsp3) is 0.353. The van der Waals surface area contributed by atoms with Crippen molar-refractivity contribution in [1.29, 1.82) is 0 Å². The zero-order valence-corrected chi connectivity index (χ0v) is 18.4. The molecule has 0 radical (unpaired) electrons. The number of aliphatic imine (C=N–C) groups is 1. The first-order chi connectivity index (χ1) is 12.8. The van der Waals surface area contributed by atoms with Crippen molar-refractivity contribution in [3.05, 3.63) is 51.5 Å². The number of benzene rings is 1. The van der Waals surface area contributed by atoms with E-state index in [2.05, 4.69) is 25.9 Å². The van der Waals surface area contributed by atoms with Crippen LogP contribution >= 0.6 is 35.3 Å². The van der Waals surface area contributed by atoms with Crippen LogP contribution in [0, 0.1) is 6.92 Å². The molecule has 1 amide bonds. The highest BCUT2D eigenvalue weighted by Gasteiger charge is 2.33. The van der Waals surface area contributed by atoms with Gasteiger partial charge in [-0.3, -0.25) is 9.79 Å². The largest absolute Gasteiger partial charge is 0.434 e. The number of hydrogen-bond acceptors (Lipinski definition) is 4. The zero-order chi connectivity index (χ0) is 19.9. The van der Waals surface area contributed by atoms with E-state index < -0.39 is 11.9 Å². The Hall–Kier alpha value is -1.89. The molecule has 0 aliphatic carbocycles. The van der Waals surface area contributed by atoms with Crippen LogP contribution in [-0.4, -0.2) is 37.0 Å². The van der Waals surface area contributed by atoms with Crippen molar-refractivity contribution in [2.75, 3.05) is 20.1 Å². The minimum absolute atomic E-state index is 0. The molecule has 1 aromatic carbocycles. The molecule has 1 heterocycles.